The third kappa shape index (κ3) is 3.49. The van der Waals surface area contributed by atoms with E-state index in [1.54, 1.807) is 0 Å². The van der Waals surface area contributed by atoms with E-state index >= 15 is 0 Å². The molecule has 88 valence electrons. The SMILES string of the molecule is Bc1cccc(CO[Si](C)(C)C(C)(C)C)c1. The average molecular weight is 234 g/mol. The Morgan fingerprint density at radius 3 is 2.38 bits per heavy atom. The minimum atomic E-state index is -1.61. The molecule has 0 N–H and O–H groups in total. The predicted octanol–water partition coefficient (Wildman–Crippen LogP) is 2.47. The summed E-state index contributed by atoms with van der Waals surface area (Å²) in [7, 11) is 0.516. The topological polar surface area (TPSA) is 9.23 Å². The van der Waals surface area contributed by atoms with Crippen molar-refractivity contribution >= 4 is 21.6 Å². The van der Waals surface area contributed by atoms with Crippen molar-refractivity contribution in [2.45, 2.75) is 45.5 Å². The second kappa shape index (κ2) is 4.76. The van der Waals surface area contributed by atoms with E-state index in [9.17, 15) is 0 Å². The minimum Gasteiger partial charge on any atom is -0.413 e. The zero-order chi connectivity index (χ0) is 12.4. The highest BCUT2D eigenvalue weighted by Gasteiger charge is 2.36. The van der Waals surface area contributed by atoms with Crippen LogP contribution in [-0.2, 0) is 11.0 Å². The number of hydrogen-bond donors (Lipinski definition) is 0. The molecule has 0 spiro atoms. The van der Waals surface area contributed by atoms with Gasteiger partial charge in [-0.25, -0.2) is 0 Å². The van der Waals surface area contributed by atoms with Gasteiger partial charge in [-0.2, -0.15) is 0 Å². The van der Waals surface area contributed by atoms with Crippen LogP contribution >= 0.6 is 0 Å². The van der Waals surface area contributed by atoms with E-state index in [0.29, 0.717) is 0 Å². The van der Waals surface area contributed by atoms with Gasteiger partial charge in [0.25, 0.3) is 0 Å². The molecule has 1 aromatic carbocycles. The lowest BCUT2D eigenvalue weighted by atomic mass is 9.95. The number of rotatable bonds is 3. The van der Waals surface area contributed by atoms with Crippen LogP contribution < -0.4 is 5.46 Å². The molecule has 0 aliphatic rings. The Morgan fingerprint density at radius 2 is 1.88 bits per heavy atom. The van der Waals surface area contributed by atoms with E-state index in [0.717, 1.165) is 6.61 Å². The second-order valence-corrected chi connectivity index (χ2v) is 10.8. The fourth-order valence-electron chi connectivity index (χ4n) is 1.28. The molecule has 1 rings (SSSR count). The predicted molar refractivity (Wildman–Crippen MR) is 76.6 cm³/mol. The maximum atomic E-state index is 6.17. The highest BCUT2D eigenvalue weighted by Crippen LogP contribution is 2.36. The van der Waals surface area contributed by atoms with Gasteiger partial charge >= 0.3 is 0 Å². The Hall–Kier alpha value is -0.538. The lowest BCUT2D eigenvalue weighted by molar-refractivity contribution is 0.276. The molecular formula is C13H23BOSi. The van der Waals surface area contributed by atoms with Crippen molar-refractivity contribution < 1.29 is 4.43 Å². The summed E-state index contributed by atoms with van der Waals surface area (Å²) in [6.45, 7) is 12.2. The molecule has 0 unspecified atom stereocenters. The molecule has 0 fully saturated rings. The molecule has 1 aromatic rings. The number of benzene rings is 1. The molecular weight excluding hydrogens is 211 g/mol. The van der Waals surface area contributed by atoms with Gasteiger partial charge in [0, 0.05) is 0 Å². The Balaban J connectivity index is 2.65. The first-order valence-corrected chi connectivity index (χ1v) is 8.83. The quantitative estimate of drug-likeness (QED) is 0.730. The lowest BCUT2D eigenvalue weighted by Gasteiger charge is -2.36. The van der Waals surface area contributed by atoms with Gasteiger partial charge in [0.2, 0.25) is 0 Å². The lowest BCUT2D eigenvalue weighted by Crippen LogP contribution is -2.40. The highest BCUT2D eigenvalue weighted by atomic mass is 28.4. The van der Waals surface area contributed by atoms with Gasteiger partial charge in [-0.15, -0.1) is 0 Å². The van der Waals surface area contributed by atoms with Crippen LogP contribution in [-0.4, -0.2) is 16.2 Å². The van der Waals surface area contributed by atoms with Gasteiger partial charge in [0.15, 0.2) is 8.32 Å². The Labute approximate surface area is 102 Å². The van der Waals surface area contributed by atoms with Gasteiger partial charge in [-0.05, 0) is 23.7 Å². The Kier molecular flexibility index (Phi) is 4.03. The molecule has 3 heteroatoms. The molecule has 0 heterocycles. The van der Waals surface area contributed by atoms with Crippen molar-refractivity contribution in [2.24, 2.45) is 0 Å². The van der Waals surface area contributed by atoms with Gasteiger partial charge in [0.05, 0.1) is 6.61 Å². The molecule has 0 amide bonds. The smallest absolute Gasteiger partial charge is 0.192 e. The monoisotopic (exact) mass is 234 g/mol. The van der Waals surface area contributed by atoms with E-state index in [1.807, 2.05) is 0 Å². The van der Waals surface area contributed by atoms with Crippen LogP contribution in [0.4, 0.5) is 0 Å². The summed E-state index contributed by atoms with van der Waals surface area (Å²) in [5.41, 5.74) is 2.58. The van der Waals surface area contributed by atoms with Crippen LogP contribution in [0.1, 0.15) is 26.3 Å². The van der Waals surface area contributed by atoms with Crippen molar-refractivity contribution in [3.63, 3.8) is 0 Å². The molecule has 16 heavy (non-hydrogen) atoms. The highest BCUT2D eigenvalue weighted by molar-refractivity contribution is 6.74. The fraction of sp³-hybridized carbons (Fsp3) is 0.538. The van der Waals surface area contributed by atoms with Crippen molar-refractivity contribution in [2.75, 3.05) is 0 Å². The van der Waals surface area contributed by atoms with Gasteiger partial charge < -0.3 is 4.43 Å². The molecule has 0 saturated heterocycles. The second-order valence-electron chi connectivity index (χ2n) is 6.04. The first kappa shape index (κ1) is 13.5. The van der Waals surface area contributed by atoms with Crippen molar-refractivity contribution in [3.05, 3.63) is 29.8 Å². The summed E-state index contributed by atoms with van der Waals surface area (Å²) in [6.07, 6.45) is 0. The number of hydrogen-bond acceptors (Lipinski definition) is 1. The van der Waals surface area contributed by atoms with Crippen LogP contribution in [0.3, 0.4) is 0 Å². The van der Waals surface area contributed by atoms with Crippen molar-refractivity contribution in [1.29, 1.82) is 0 Å². The molecule has 1 nitrogen and oxygen atoms in total. The van der Waals surface area contributed by atoms with Crippen molar-refractivity contribution in [1.82, 2.24) is 0 Å². The molecule has 0 radical (unpaired) electrons. The van der Waals surface area contributed by atoms with Crippen LogP contribution in [0.5, 0.6) is 0 Å². The van der Waals surface area contributed by atoms with Crippen molar-refractivity contribution in [3.8, 4) is 0 Å². The maximum Gasteiger partial charge on any atom is 0.192 e. The van der Waals surface area contributed by atoms with Crippen LogP contribution in [0.25, 0.3) is 0 Å². The minimum absolute atomic E-state index is 0.289. The zero-order valence-corrected chi connectivity index (χ0v) is 12.4. The van der Waals surface area contributed by atoms with E-state index in [2.05, 4.69) is 66.0 Å². The summed E-state index contributed by atoms with van der Waals surface area (Å²) in [6, 6.07) is 8.56. The van der Waals surface area contributed by atoms with Gasteiger partial charge in [-0.1, -0.05) is 50.5 Å². The van der Waals surface area contributed by atoms with Crippen LogP contribution in [0.2, 0.25) is 18.1 Å². The molecule has 0 bridgehead atoms. The largest absolute Gasteiger partial charge is 0.413 e. The summed E-state index contributed by atoms with van der Waals surface area (Å²) in [4.78, 5) is 0. The summed E-state index contributed by atoms with van der Waals surface area (Å²) >= 11 is 0. The Bertz CT molecular complexity index is 355. The van der Waals surface area contributed by atoms with Gasteiger partial charge in [0.1, 0.15) is 7.85 Å². The van der Waals surface area contributed by atoms with Gasteiger partial charge in [-0.3, -0.25) is 0 Å². The molecule has 0 saturated carbocycles. The van der Waals surface area contributed by atoms with E-state index in [-0.39, 0.29) is 5.04 Å². The fourth-order valence-corrected chi connectivity index (χ4v) is 2.24. The summed E-state index contributed by atoms with van der Waals surface area (Å²) in [5.74, 6) is 0. The molecule has 0 aromatic heterocycles. The first-order valence-electron chi connectivity index (χ1n) is 5.92. The molecule has 0 atom stereocenters. The van der Waals surface area contributed by atoms with E-state index in [4.69, 9.17) is 4.43 Å². The van der Waals surface area contributed by atoms with Crippen LogP contribution in [0.15, 0.2) is 24.3 Å². The third-order valence-electron chi connectivity index (χ3n) is 3.49. The standard InChI is InChI=1S/C13H23BOSi/c1-13(2,3)16(4,5)15-10-11-7-6-8-12(14)9-11/h6-9H,10,14H2,1-5H3. The Morgan fingerprint density at radius 1 is 1.25 bits per heavy atom. The molecule has 0 aliphatic carbocycles. The van der Waals surface area contributed by atoms with E-state index < -0.39 is 8.32 Å². The zero-order valence-electron chi connectivity index (χ0n) is 11.4. The average Bonchev–Trinajstić information content (AvgIpc) is 2.13. The molecule has 0 aliphatic heterocycles. The normalized spacial score (nSPS) is 12.8. The maximum absolute atomic E-state index is 6.17. The third-order valence-corrected chi connectivity index (χ3v) is 7.97. The summed E-state index contributed by atoms with van der Waals surface area (Å²) in [5, 5.41) is 0.289. The summed E-state index contributed by atoms with van der Waals surface area (Å²) < 4.78 is 6.17. The van der Waals surface area contributed by atoms with Crippen LogP contribution in [0, 0.1) is 0 Å². The first-order chi connectivity index (χ1) is 7.22. The van der Waals surface area contributed by atoms with E-state index in [1.165, 1.54) is 11.0 Å².